The van der Waals surface area contributed by atoms with Gasteiger partial charge in [-0.2, -0.15) is 0 Å². The predicted octanol–water partition coefficient (Wildman–Crippen LogP) is 3.59. The Balaban J connectivity index is 1.64. The van der Waals surface area contributed by atoms with E-state index >= 15 is 0 Å². The van der Waals surface area contributed by atoms with Gasteiger partial charge in [-0.05, 0) is 29.8 Å². The zero-order chi connectivity index (χ0) is 21.1. The number of halogens is 1. The molecule has 3 N–H and O–H groups in total. The lowest BCUT2D eigenvalue weighted by atomic mass is 9.75. The van der Waals surface area contributed by atoms with Crippen LogP contribution >= 0.6 is 23.4 Å². The largest absolute Gasteiger partial charge is 0.465 e. The van der Waals surface area contributed by atoms with E-state index in [1.54, 1.807) is 18.2 Å². The minimum absolute atomic E-state index is 0.0967. The molecule has 0 spiro atoms. The number of benzene rings is 1. The Bertz CT molecular complexity index is 1000. The number of ether oxygens (including phenoxy) is 1. The first-order chi connectivity index (χ1) is 14.5. The van der Waals surface area contributed by atoms with Crippen LogP contribution in [0.4, 0.5) is 10.5 Å². The number of amides is 2. The fourth-order valence-corrected chi connectivity index (χ4v) is 4.92. The summed E-state index contributed by atoms with van der Waals surface area (Å²) in [5.74, 6) is 0.435. The molecule has 1 unspecified atom stereocenters. The van der Waals surface area contributed by atoms with Crippen LogP contribution in [0, 0.1) is 5.92 Å². The van der Waals surface area contributed by atoms with Crippen molar-refractivity contribution in [2.45, 2.75) is 12.0 Å². The number of hydrogen-bond donors (Lipinski definition) is 3. The number of carboxylic acid groups (broad SMARTS) is 1. The average molecular weight is 447 g/mol. The highest BCUT2D eigenvalue weighted by atomic mass is 35.5. The normalized spacial score (nSPS) is 23.1. The minimum Gasteiger partial charge on any atom is -0.465 e. The highest BCUT2D eigenvalue weighted by Gasteiger charge is 2.46. The Morgan fingerprint density at radius 3 is 2.90 bits per heavy atom. The molecular weight excluding hydrogens is 428 g/mol. The highest BCUT2D eigenvalue weighted by Crippen LogP contribution is 2.45. The van der Waals surface area contributed by atoms with E-state index in [-0.39, 0.29) is 17.5 Å². The molecule has 1 saturated heterocycles. The summed E-state index contributed by atoms with van der Waals surface area (Å²) in [6.45, 7) is 1.07. The van der Waals surface area contributed by atoms with Crippen molar-refractivity contribution >= 4 is 46.2 Å². The number of nitrogens with zero attached hydrogens (tertiary/aromatic N) is 2. The van der Waals surface area contributed by atoms with Crippen LogP contribution in [0.2, 0.25) is 5.02 Å². The monoisotopic (exact) mass is 446 g/mol. The molecule has 30 heavy (non-hydrogen) atoms. The molecule has 10 heteroatoms. The molecule has 2 aromatic rings. The molecule has 156 valence electrons. The van der Waals surface area contributed by atoms with Crippen molar-refractivity contribution in [1.82, 2.24) is 10.3 Å². The summed E-state index contributed by atoms with van der Waals surface area (Å²) in [4.78, 5) is 32.5. The SMILES string of the molecule is O=C(O)NC1=N[C@@]2(c3cccc(NC(=O)c4ccc(Cl)cn4)c3)CCOCC2CS1. The van der Waals surface area contributed by atoms with Crippen LogP contribution in [-0.2, 0) is 10.3 Å². The fraction of sp³-hybridized carbons (Fsp3) is 0.300. The summed E-state index contributed by atoms with van der Waals surface area (Å²) >= 11 is 7.20. The molecule has 2 atom stereocenters. The van der Waals surface area contributed by atoms with E-state index < -0.39 is 11.6 Å². The van der Waals surface area contributed by atoms with E-state index in [4.69, 9.17) is 26.4 Å². The van der Waals surface area contributed by atoms with Gasteiger partial charge in [-0.25, -0.2) is 9.78 Å². The first kappa shape index (κ1) is 20.6. The molecule has 0 radical (unpaired) electrons. The van der Waals surface area contributed by atoms with Gasteiger partial charge in [0.2, 0.25) is 0 Å². The Morgan fingerprint density at radius 1 is 1.27 bits per heavy atom. The van der Waals surface area contributed by atoms with Gasteiger partial charge in [0.05, 0.1) is 17.2 Å². The summed E-state index contributed by atoms with van der Waals surface area (Å²) in [6.07, 6.45) is 0.904. The molecule has 4 rings (SSSR count). The third-order valence-electron chi connectivity index (χ3n) is 5.14. The number of thioether (sulfide) groups is 1. The van der Waals surface area contributed by atoms with Crippen LogP contribution in [0.25, 0.3) is 0 Å². The van der Waals surface area contributed by atoms with E-state index in [1.165, 1.54) is 18.0 Å². The molecule has 1 aromatic carbocycles. The molecule has 3 heterocycles. The molecule has 2 amide bonds. The zero-order valence-electron chi connectivity index (χ0n) is 15.8. The molecule has 8 nitrogen and oxygen atoms in total. The van der Waals surface area contributed by atoms with Gasteiger partial charge in [0.25, 0.3) is 5.91 Å². The Labute approximate surface area is 182 Å². The van der Waals surface area contributed by atoms with Gasteiger partial charge in [-0.1, -0.05) is 35.5 Å². The maximum Gasteiger partial charge on any atom is 0.410 e. The minimum atomic E-state index is -1.14. The van der Waals surface area contributed by atoms with E-state index in [0.717, 1.165) is 5.56 Å². The zero-order valence-corrected chi connectivity index (χ0v) is 17.4. The van der Waals surface area contributed by atoms with Gasteiger partial charge < -0.3 is 15.2 Å². The van der Waals surface area contributed by atoms with E-state index in [0.29, 0.717) is 41.3 Å². The number of rotatable bonds is 3. The second-order valence-electron chi connectivity index (χ2n) is 7.00. The van der Waals surface area contributed by atoms with Crippen molar-refractivity contribution in [1.29, 1.82) is 0 Å². The standard InChI is InChI=1S/C20H19ClN4O4S/c21-14-4-5-16(22-9-14)17(26)23-15-3-1-2-12(8-15)20-6-7-29-10-13(20)11-30-18(25-20)24-19(27)28/h1-5,8-9,13H,6-7,10-11H2,(H,23,26)(H,24,25)(H,27,28)/t13?,20-/m1/s1. The first-order valence-corrected chi connectivity index (χ1v) is 10.7. The lowest BCUT2D eigenvalue weighted by Crippen LogP contribution is -2.47. The van der Waals surface area contributed by atoms with Crippen LogP contribution in [-0.4, -0.2) is 46.2 Å². The summed E-state index contributed by atoms with van der Waals surface area (Å²) in [6, 6.07) is 10.6. The Morgan fingerprint density at radius 2 is 2.13 bits per heavy atom. The number of aliphatic imine (C=N–C) groups is 1. The van der Waals surface area contributed by atoms with Crippen LogP contribution in [0.5, 0.6) is 0 Å². The van der Waals surface area contributed by atoms with E-state index in [2.05, 4.69) is 15.6 Å². The molecule has 1 aromatic heterocycles. The summed E-state index contributed by atoms with van der Waals surface area (Å²) in [7, 11) is 0. The number of pyridine rings is 1. The number of anilines is 1. The number of aromatic nitrogens is 1. The van der Waals surface area contributed by atoms with Gasteiger partial charge >= 0.3 is 6.09 Å². The lowest BCUT2D eigenvalue weighted by molar-refractivity contribution is 0.0100. The van der Waals surface area contributed by atoms with Crippen LogP contribution in [0.1, 0.15) is 22.5 Å². The number of carbonyl (C=O) groups excluding carboxylic acids is 1. The van der Waals surface area contributed by atoms with Gasteiger partial charge in [-0.15, -0.1) is 0 Å². The predicted molar refractivity (Wildman–Crippen MR) is 115 cm³/mol. The smallest absolute Gasteiger partial charge is 0.410 e. The van der Waals surface area contributed by atoms with Crippen molar-refractivity contribution in [3.63, 3.8) is 0 Å². The summed E-state index contributed by atoms with van der Waals surface area (Å²) in [5.41, 5.74) is 1.16. The lowest BCUT2D eigenvalue weighted by Gasteiger charge is -2.44. The number of hydrogen-bond acceptors (Lipinski definition) is 6. The van der Waals surface area contributed by atoms with Crippen LogP contribution in [0.3, 0.4) is 0 Å². The number of nitrogens with one attached hydrogen (secondary N) is 2. The molecular formula is C20H19ClN4O4S. The fourth-order valence-electron chi connectivity index (χ4n) is 3.69. The first-order valence-electron chi connectivity index (χ1n) is 9.30. The average Bonchev–Trinajstić information content (AvgIpc) is 2.74. The van der Waals surface area contributed by atoms with Crippen molar-refractivity contribution < 1.29 is 19.4 Å². The summed E-state index contributed by atoms with van der Waals surface area (Å²) in [5, 5.41) is 15.2. The third-order valence-corrected chi connectivity index (χ3v) is 6.40. The maximum atomic E-state index is 12.5. The topological polar surface area (TPSA) is 113 Å². The Kier molecular flexibility index (Phi) is 5.94. The number of fused-ring (bicyclic) bond motifs is 1. The molecule has 0 bridgehead atoms. The second-order valence-corrected chi connectivity index (χ2v) is 8.45. The van der Waals surface area contributed by atoms with Crippen molar-refractivity contribution in [2.24, 2.45) is 10.9 Å². The quantitative estimate of drug-likeness (QED) is 0.664. The second kappa shape index (κ2) is 8.63. The van der Waals surface area contributed by atoms with Crippen LogP contribution < -0.4 is 10.6 Å². The van der Waals surface area contributed by atoms with Crippen molar-refractivity contribution in [3.8, 4) is 0 Å². The Hall–Kier alpha value is -2.62. The van der Waals surface area contributed by atoms with Gasteiger partial charge in [-0.3, -0.25) is 15.1 Å². The molecule has 2 aliphatic heterocycles. The van der Waals surface area contributed by atoms with Crippen LogP contribution in [0.15, 0.2) is 47.6 Å². The van der Waals surface area contributed by atoms with Gasteiger partial charge in [0.15, 0.2) is 5.17 Å². The maximum absolute atomic E-state index is 12.5. The molecule has 1 fully saturated rings. The van der Waals surface area contributed by atoms with Gasteiger partial charge in [0.1, 0.15) is 5.69 Å². The molecule has 0 saturated carbocycles. The third kappa shape index (κ3) is 4.28. The number of carbonyl (C=O) groups is 2. The molecule has 0 aliphatic carbocycles. The van der Waals surface area contributed by atoms with Crippen molar-refractivity contribution in [3.05, 3.63) is 58.9 Å². The number of amidine groups is 1. The van der Waals surface area contributed by atoms with Gasteiger partial charge in [0, 0.05) is 36.6 Å². The van der Waals surface area contributed by atoms with E-state index in [1.807, 2.05) is 18.2 Å². The highest BCUT2D eigenvalue weighted by molar-refractivity contribution is 8.13. The summed E-state index contributed by atoms with van der Waals surface area (Å²) < 4.78 is 5.66. The van der Waals surface area contributed by atoms with Crippen molar-refractivity contribution in [2.75, 3.05) is 24.3 Å². The van der Waals surface area contributed by atoms with E-state index in [9.17, 15) is 9.59 Å². The molecule has 2 aliphatic rings.